The Morgan fingerprint density at radius 3 is 2.93 bits per heavy atom. The minimum Gasteiger partial charge on any atom is -0.352 e. The van der Waals surface area contributed by atoms with Crippen LogP contribution in [0.25, 0.3) is 11.1 Å². The Bertz CT molecular complexity index is 1090. The lowest BCUT2D eigenvalue weighted by atomic mass is 10.0. The van der Waals surface area contributed by atoms with E-state index in [4.69, 9.17) is 0 Å². The van der Waals surface area contributed by atoms with Crippen molar-refractivity contribution in [2.75, 3.05) is 6.54 Å². The predicted molar refractivity (Wildman–Crippen MR) is 102 cm³/mol. The number of halogens is 2. The van der Waals surface area contributed by atoms with E-state index in [1.807, 2.05) is 22.8 Å². The molecule has 0 unspecified atom stereocenters. The van der Waals surface area contributed by atoms with Gasteiger partial charge in [0.15, 0.2) is 0 Å². The average molecular weight is 425 g/mol. The third-order valence-electron chi connectivity index (χ3n) is 4.65. The van der Waals surface area contributed by atoms with Crippen molar-refractivity contribution in [2.45, 2.75) is 13.0 Å². The van der Waals surface area contributed by atoms with Gasteiger partial charge >= 0.3 is 0 Å². The molecule has 134 valence electrons. The Balaban J connectivity index is 1.90. The van der Waals surface area contributed by atoms with Crippen molar-refractivity contribution in [2.24, 2.45) is 0 Å². The summed E-state index contributed by atoms with van der Waals surface area (Å²) < 4.78 is 16.2. The van der Waals surface area contributed by atoms with Crippen LogP contribution in [0, 0.1) is 17.1 Å². The van der Waals surface area contributed by atoms with E-state index >= 15 is 0 Å². The van der Waals surface area contributed by atoms with Gasteiger partial charge in [-0.05, 0) is 39.7 Å². The first-order chi connectivity index (χ1) is 13.1. The molecule has 0 saturated carbocycles. The fourth-order valence-electron chi connectivity index (χ4n) is 3.42. The normalized spacial score (nSPS) is 13.0. The fourth-order valence-corrected chi connectivity index (χ4v) is 4.19. The van der Waals surface area contributed by atoms with Crippen molar-refractivity contribution in [3.8, 4) is 17.2 Å². The molecule has 4 rings (SSSR count). The molecule has 1 aromatic carbocycles. The maximum Gasteiger partial charge on any atom is 0.253 e. The Morgan fingerprint density at radius 1 is 1.33 bits per heavy atom. The topological polar surface area (TPSA) is 70.7 Å². The van der Waals surface area contributed by atoms with E-state index in [1.54, 1.807) is 18.5 Å². The number of nitrogens with zero attached hydrogens (tertiary/aromatic N) is 3. The number of pyridine rings is 1. The molecule has 0 bridgehead atoms. The van der Waals surface area contributed by atoms with E-state index in [0.717, 1.165) is 21.4 Å². The Hall–Kier alpha value is -2.98. The van der Waals surface area contributed by atoms with Crippen LogP contribution >= 0.6 is 15.9 Å². The predicted octanol–water partition coefficient (Wildman–Crippen LogP) is 3.66. The summed E-state index contributed by atoms with van der Waals surface area (Å²) in [5.41, 5.74) is 4.08. The second-order valence-corrected chi connectivity index (χ2v) is 6.99. The summed E-state index contributed by atoms with van der Waals surface area (Å²) in [5, 5.41) is 12.2. The van der Waals surface area contributed by atoms with Crippen LogP contribution in [-0.2, 0) is 13.0 Å². The van der Waals surface area contributed by atoms with Gasteiger partial charge in [0.05, 0.1) is 21.8 Å². The van der Waals surface area contributed by atoms with Crippen molar-refractivity contribution in [3.05, 3.63) is 75.5 Å². The number of benzene rings is 1. The molecule has 0 spiro atoms. The molecule has 5 nitrogen and oxygen atoms in total. The smallest absolute Gasteiger partial charge is 0.253 e. The Labute approximate surface area is 163 Å². The van der Waals surface area contributed by atoms with Crippen LogP contribution in [0.4, 0.5) is 4.39 Å². The molecular formula is C20H14BrFN4O. The monoisotopic (exact) mass is 424 g/mol. The van der Waals surface area contributed by atoms with Gasteiger partial charge in [0.25, 0.3) is 5.91 Å². The van der Waals surface area contributed by atoms with Crippen molar-refractivity contribution in [1.82, 2.24) is 14.9 Å². The van der Waals surface area contributed by atoms with Crippen LogP contribution in [0.5, 0.6) is 0 Å². The number of hydrogen-bond donors (Lipinski definition) is 1. The Kier molecular flexibility index (Phi) is 4.50. The van der Waals surface area contributed by atoms with Crippen molar-refractivity contribution >= 4 is 21.8 Å². The third-order valence-corrected chi connectivity index (χ3v) is 5.48. The zero-order valence-electron chi connectivity index (χ0n) is 14.2. The highest BCUT2D eigenvalue weighted by atomic mass is 79.9. The molecule has 0 fully saturated rings. The lowest BCUT2D eigenvalue weighted by molar-refractivity contribution is 0.0946. The van der Waals surface area contributed by atoms with Gasteiger partial charge in [-0.3, -0.25) is 9.78 Å². The van der Waals surface area contributed by atoms with Crippen molar-refractivity contribution in [1.29, 1.82) is 5.26 Å². The SMILES string of the molecule is N#Cc1cc(F)ccc1Cn1c(Br)c(-c2cccnc2)c2c1CCNC2=O. The molecule has 0 atom stereocenters. The van der Waals surface area contributed by atoms with Crippen LogP contribution in [0.15, 0.2) is 47.3 Å². The first-order valence-electron chi connectivity index (χ1n) is 8.38. The van der Waals surface area contributed by atoms with E-state index in [0.29, 0.717) is 30.6 Å². The number of hydrogen-bond acceptors (Lipinski definition) is 3. The lowest BCUT2D eigenvalue weighted by Gasteiger charge is -2.17. The summed E-state index contributed by atoms with van der Waals surface area (Å²) in [6.45, 7) is 0.906. The molecule has 1 amide bonds. The largest absolute Gasteiger partial charge is 0.352 e. The molecule has 2 aromatic heterocycles. The maximum atomic E-state index is 13.5. The summed E-state index contributed by atoms with van der Waals surface area (Å²) in [6.07, 6.45) is 4.06. The van der Waals surface area contributed by atoms with Gasteiger partial charge in [-0.25, -0.2) is 4.39 Å². The number of aromatic nitrogens is 2. The summed E-state index contributed by atoms with van der Waals surface area (Å²) in [6, 6.07) is 9.95. The van der Waals surface area contributed by atoms with Gasteiger partial charge in [0.2, 0.25) is 0 Å². The molecule has 3 aromatic rings. The Morgan fingerprint density at radius 2 is 2.19 bits per heavy atom. The molecule has 1 N–H and O–H groups in total. The highest BCUT2D eigenvalue weighted by Gasteiger charge is 2.29. The van der Waals surface area contributed by atoms with Crippen LogP contribution in [-0.4, -0.2) is 22.0 Å². The summed E-state index contributed by atoms with van der Waals surface area (Å²) in [5.74, 6) is -0.575. The molecule has 1 aliphatic rings. The van der Waals surface area contributed by atoms with Crippen LogP contribution in [0.3, 0.4) is 0 Å². The number of nitrogens with one attached hydrogen (secondary N) is 1. The van der Waals surface area contributed by atoms with Gasteiger partial charge in [-0.1, -0.05) is 12.1 Å². The number of amides is 1. The van der Waals surface area contributed by atoms with Crippen molar-refractivity contribution in [3.63, 3.8) is 0 Å². The molecular weight excluding hydrogens is 411 g/mol. The molecule has 0 aliphatic carbocycles. The number of rotatable bonds is 3. The number of fused-ring (bicyclic) bond motifs is 1. The lowest BCUT2D eigenvalue weighted by Crippen LogP contribution is -2.32. The fraction of sp³-hybridized carbons (Fsp3) is 0.150. The summed E-state index contributed by atoms with van der Waals surface area (Å²) >= 11 is 3.64. The minimum atomic E-state index is -0.445. The van der Waals surface area contributed by atoms with E-state index in [1.165, 1.54) is 12.1 Å². The average Bonchev–Trinajstić information content (AvgIpc) is 2.97. The highest BCUT2D eigenvalue weighted by molar-refractivity contribution is 9.10. The van der Waals surface area contributed by atoms with Gasteiger partial charge < -0.3 is 9.88 Å². The summed E-state index contributed by atoms with van der Waals surface area (Å²) in [4.78, 5) is 16.8. The first-order valence-corrected chi connectivity index (χ1v) is 9.17. The highest BCUT2D eigenvalue weighted by Crippen LogP contribution is 2.38. The molecule has 1 aliphatic heterocycles. The first kappa shape index (κ1) is 17.4. The number of carbonyl (C=O) groups is 1. The second-order valence-electron chi connectivity index (χ2n) is 6.23. The van der Waals surface area contributed by atoms with E-state index in [2.05, 4.69) is 26.2 Å². The van der Waals surface area contributed by atoms with E-state index in [9.17, 15) is 14.4 Å². The maximum absolute atomic E-state index is 13.5. The molecule has 0 saturated heterocycles. The molecule has 7 heteroatoms. The molecule has 3 heterocycles. The zero-order chi connectivity index (χ0) is 19.0. The minimum absolute atomic E-state index is 0.130. The molecule has 27 heavy (non-hydrogen) atoms. The standard InChI is InChI=1S/C20H14BrFN4O/c21-19-17(12-2-1-6-24-10-12)18-16(5-7-25-20(18)27)26(19)11-13-3-4-15(22)8-14(13)9-23/h1-4,6,8,10H,5,7,11H2,(H,25,27). The van der Waals surface area contributed by atoms with E-state index in [-0.39, 0.29) is 11.5 Å². The van der Waals surface area contributed by atoms with Gasteiger partial charge in [0, 0.05) is 48.7 Å². The van der Waals surface area contributed by atoms with Gasteiger partial charge in [0.1, 0.15) is 5.82 Å². The van der Waals surface area contributed by atoms with Crippen LogP contribution < -0.4 is 5.32 Å². The number of nitriles is 1. The quantitative estimate of drug-likeness (QED) is 0.697. The second kappa shape index (κ2) is 6.97. The van der Waals surface area contributed by atoms with Crippen LogP contribution in [0.1, 0.15) is 27.2 Å². The summed E-state index contributed by atoms with van der Waals surface area (Å²) in [7, 11) is 0. The third kappa shape index (κ3) is 3.02. The van der Waals surface area contributed by atoms with E-state index < -0.39 is 5.82 Å². The number of carbonyl (C=O) groups excluding carboxylic acids is 1. The molecule has 0 radical (unpaired) electrons. The van der Waals surface area contributed by atoms with Gasteiger partial charge in [-0.2, -0.15) is 5.26 Å². The van der Waals surface area contributed by atoms with Gasteiger partial charge in [-0.15, -0.1) is 0 Å². The van der Waals surface area contributed by atoms with Crippen molar-refractivity contribution < 1.29 is 9.18 Å². The zero-order valence-corrected chi connectivity index (χ0v) is 15.8. The van der Waals surface area contributed by atoms with Crippen LogP contribution in [0.2, 0.25) is 0 Å².